The summed E-state index contributed by atoms with van der Waals surface area (Å²) in [6.07, 6.45) is 8.43. The largest absolute Gasteiger partial charge is 0.434 e. The lowest BCUT2D eigenvalue weighted by molar-refractivity contribution is 0.0247. The second kappa shape index (κ2) is 10.1. The first kappa shape index (κ1) is 24.8. The minimum Gasteiger partial charge on any atom is -0.384 e. The molecule has 1 aromatic carbocycles. The third-order valence-corrected chi connectivity index (χ3v) is 8.86. The average Bonchev–Trinajstić information content (AvgIpc) is 3.68. The summed E-state index contributed by atoms with van der Waals surface area (Å²) in [6, 6.07) is 7.94. The first-order valence-corrected chi connectivity index (χ1v) is 14.4. The highest BCUT2D eigenvalue weighted by Crippen LogP contribution is 2.39. The van der Waals surface area contributed by atoms with Crippen molar-refractivity contribution in [2.24, 2.45) is 11.8 Å². The normalized spacial score (nSPS) is 25.3. The highest BCUT2D eigenvalue weighted by molar-refractivity contribution is 6.30. The molecule has 11 heteroatoms. The molecule has 1 saturated heterocycles. The van der Waals surface area contributed by atoms with Crippen LogP contribution in [0.4, 0.5) is 5.95 Å². The maximum Gasteiger partial charge on any atom is 0.434 e. The fraction of sp³-hybridized carbons (Fsp3) is 0.536. The molecular weight excluding hydrogens is 518 g/mol. The third-order valence-electron chi connectivity index (χ3n) is 8.63. The van der Waals surface area contributed by atoms with Gasteiger partial charge in [-0.05, 0) is 56.1 Å². The fourth-order valence-electron chi connectivity index (χ4n) is 6.62. The zero-order chi connectivity index (χ0) is 26.5. The van der Waals surface area contributed by atoms with Crippen molar-refractivity contribution in [3.8, 4) is 23.0 Å². The van der Waals surface area contributed by atoms with Gasteiger partial charge in [0.1, 0.15) is 11.2 Å². The van der Waals surface area contributed by atoms with E-state index in [1.54, 1.807) is 0 Å². The van der Waals surface area contributed by atoms with Crippen molar-refractivity contribution in [3.05, 3.63) is 39.8 Å². The Morgan fingerprint density at radius 1 is 1.10 bits per heavy atom. The molecule has 0 unspecified atom stereocenters. The number of ether oxygens (including phenoxy) is 1. The Morgan fingerprint density at radius 3 is 2.77 bits per heavy atom. The van der Waals surface area contributed by atoms with Crippen LogP contribution in [0.25, 0.3) is 34.1 Å². The van der Waals surface area contributed by atoms with E-state index in [2.05, 4.69) is 26.6 Å². The highest BCUT2D eigenvalue weighted by atomic mass is 35.5. The second-order valence-electron chi connectivity index (χ2n) is 11.2. The molecule has 0 amide bonds. The second-order valence-corrected chi connectivity index (χ2v) is 11.7. The molecule has 0 bridgehead atoms. The number of halogens is 1. The summed E-state index contributed by atoms with van der Waals surface area (Å²) in [5.41, 5.74) is 2.97. The summed E-state index contributed by atoms with van der Waals surface area (Å²) in [5.74, 6) is 1.83. The number of rotatable bonds is 5. The van der Waals surface area contributed by atoms with Gasteiger partial charge in [-0.1, -0.05) is 43.5 Å². The maximum absolute atomic E-state index is 11.7. The van der Waals surface area contributed by atoms with Gasteiger partial charge in [-0.25, -0.2) is 19.9 Å². The summed E-state index contributed by atoms with van der Waals surface area (Å²) >= 11 is 6.44. The first-order valence-electron chi connectivity index (χ1n) is 14.0. The topological polar surface area (TPSA) is 115 Å². The fourth-order valence-corrected chi connectivity index (χ4v) is 6.81. The van der Waals surface area contributed by atoms with Gasteiger partial charge in [-0.2, -0.15) is 4.98 Å². The molecule has 3 fully saturated rings. The molecule has 2 atom stereocenters. The lowest BCUT2D eigenvalue weighted by Gasteiger charge is -2.39. The molecule has 1 N–H and O–H groups in total. The van der Waals surface area contributed by atoms with Gasteiger partial charge in [-0.15, -0.1) is 5.10 Å². The number of anilines is 1. The van der Waals surface area contributed by atoms with Gasteiger partial charge in [0.2, 0.25) is 11.8 Å². The minimum absolute atomic E-state index is 0.0322. The molecule has 2 aliphatic carbocycles. The van der Waals surface area contributed by atoms with E-state index in [4.69, 9.17) is 35.7 Å². The summed E-state index contributed by atoms with van der Waals surface area (Å²) < 4.78 is 13.7. The smallest absolute Gasteiger partial charge is 0.384 e. The zero-order valence-corrected chi connectivity index (χ0v) is 22.7. The summed E-state index contributed by atoms with van der Waals surface area (Å²) in [4.78, 5) is 29.0. The molecule has 3 aromatic heterocycles. The van der Waals surface area contributed by atoms with Crippen LogP contribution in [0.15, 0.2) is 33.5 Å². The molecule has 10 nitrogen and oxygen atoms in total. The van der Waals surface area contributed by atoms with Crippen LogP contribution in [0.5, 0.6) is 0 Å². The van der Waals surface area contributed by atoms with Gasteiger partial charge in [-0.3, -0.25) is 0 Å². The number of morpholine rings is 1. The Hall–Kier alpha value is -3.24. The lowest BCUT2D eigenvalue weighted by atomic mass is 9.83. The monoisotopic (exact) mass is 549 g/mol. The number of aromatic amines is 1. The summed E-state index contributed by atoms with van der Waals surface area (Å²) in [7, 11) is 0. The molecule has 0 radical (unpaired) electrons. The van der Waals surface area contributed by atoms with Crippen molar-refractivity contribution in [1.29, 1.82) is 0 Å². The highest BCUT2D eigenvalue weighted by Gasteiger charge is 2.39. The van der Waals surface area contributed by atoms with Crippen LogP contribution < -0.4 is 10.7 Å². The molecule has 1 aliphatic heterocycles. The van der Waals surface area contributed by atoms with E-state index in [1.165, 1.54) is 25.7 Å². The van der Waals surface area contributed by atoms with Crippen LogP contribution in [-0.4, -0.2) is 55.0 Å². The Labute approximate surface area is 230 Å². The number of benzene rings is 1. The van der Waals surface area contributed by atoms with Crippen molar-refractivity contribution in [2.75, 3.05) is 18.1 Å². The van der Waals surface area contributed by atoms with Gasteiger partial charge in [0, 0.05) is 23.7 Å². The van der Waals surface area contributed by atoms with E-state index in [0.717, 1.165) is 55.3 Å². The Kier molecular flexibility index (Phi) is 6.39. The Balaban J connectivity index is 1.44. The quantitative estimate of drug-likeness (QED) is 0.367. The van der Waals surface area contributed by atoms with E-state index in [0.29, 0.717) is 34.9 Å². The van der Waals surface area contributed by atoms with Crippen LogP contribution in [-0.2, 0) is 11.3 Å². The van der Waals surface area contributed by atoms with E-state index in [9.17, 15) is 4.79 Å². The molecule has 2 saturated carbocycles. The standard InChI is InChI=1S/C28H32ClN7O3/c1-16-8-10-17(11-9-16)15-36-23-22(18-4-2-5-19(29)14-18)30-25(26-33-34-28(37)39-26)31-24(23)32-27(36)35-12-13-38-21-7-3-6-20(21)35/h2,4-5,14,16-17,20-21H,3,6-13,15H2,1H3,(H,34,37)/t16?,17?,20-,21-/m0/s1. The zero-order valence-electron chi connectivity index (χ0n) is 22.0. The summed E-state index contributed by atoms with van der Waals surface area (Å²) in [6.45, 7) is 4.67. The van der Waals surface area contributed by atoms with Crippen LogP contribution in [0, 0.1) is 11.8 Å². The molecule has 3 aliphatic rings. The molecule has 4 heterocycles. The third kappa shape index (κ3) is 4.63. The molecular formula is C28H32ClN7O3. The lowest BCUT2D eigenvalue weighted by Crippen LogP contribution is -2.49. The van der Waals surface area contributed by atoms with E-state index >= 15 is 0 Å². The van der Waals surface area contributed by atoms with Crippen molar-refractivity contribution in [3.63, 3.8) is 0 Å². The molecule has 204 valence electrons. The van der Waals surface area contributed by atoms with Crippen molar-refractivity contribution >= 4 is 28.7 Å². The molecule has 0 spiro atoms. The SMILES string of the molecule is CC1CCC(Cn2c(N3CCO[C@H]4CCC[C@@H]43)nc3nc(-c4n[nH]c(=O)o4)nc(-c4cccc(Cl)c4)c32)CC1. The number of nitrogens with one attached hydrogen (secondary N) is 1. The van der Waals surface area contributed by atoms with E-state index in [1.807, 2.05) is 24.3 Å². The number of nitrogens with zero attached hydrogens (tertiary/aromatic N) is 6. The Bertz CT molecular complexity index is 1550. The van der Waals surface area contributed by atoms with E-state index in [-0.39, 0.29) is 17.8 Å². The number of hydrogen-bond acceptors (Lipinski definition) is 8. The van der Waals surface area contributed by atoms with Crippen molar-refractivity contribution < 1.29 is 9.15 Å². The molecule has 39 heavy (non-hydrogen) atoms. The molecule has 7 rings (SSSR count). The maximum atomic E-state index is 11.7. The summed E-state index contributed by atoms with van der Waals surface area (Å²) in [5, 5.41) is 6.92. The van der Waals surface area contributed by atoms with Crippen LogP contribution in [0.2, 0.25) is 5.02 Å². The van der Waals surface area contributed by atoms with Crippen molar-refractivity contribution in [2.45, 2.75) is 70.6 Å². The van der Waals surface area contributed by atoms with Gasteiger partial charge in [0.05, 0.1) is 18.8 Å². The number of imidazole rings is 1. The number of aromatic nitrogens is 6. The minimum atomic E-state index is -0.656. The van der Waals surface area contributed by atoms with Crippen LogP contribution >= 0.6 is 11.6 Å². The van der Waals surface area contributed by atoms with Gasteiger partial charge < -0.3 is 18.6 Å². The first-order chi connectivity index (χ1) is 19.0. The Morgan fingerprint density at radius 2 is 1.97 bits per heavy atom. The van der Waals surface area contributed by atoms with Gasteiger partial charge >= 0.3 is 5.76 Å². The van der Waals surface area contributed by atoms with Crippen LogP contribution in [0.3, 0.4) is 0 Å². The van der Waals surface area contributed by atoms with Crippen LogP contribution in [0.1, 0.15) is 51.9 Å². The van der Waals surface area contributed by atoms with Gasteiger partial charge in [0.15, 0.2) is 5.65 Å². The number of H-pyrrole nitrogens is 1. The molecule has 4 aromatic rings. The predicted octanol–water partition coefficient (Wildman–Crippen LogP) is 5.07. The predicted molar refractivity (Wildman–Crippen MR) is 148 cm³/mol. The average molecular weight is 550 g/mol. The van der Waals surface area contributed by atoms with Gasteiger partial charge in [0.25, 0.3) is 5.89 Å². The number of fused-ring (bicyclic) bond motifs is 2. The van der Waals surface area contributed by atoms with E-state index < -0.39 is 5.76 Å². The number of hydrogen-bond donors (Lipinski definition) is 1. The van der Waals surface area contributed by atoms with Crippen molar-refractivity contribution in [1.82, 2.24) is 29.7 Å².